The molecule has 0 saturated heterocycles. The highest BCUT2D eigenvalue weighted by molar-refractivity contribution is 6.13. The zero-order valence-corrected chi connectivity index (χ0v) is 49.9. The van der Waals surface area contributed by atoms with Gasteiger partial charge < -0.3 is 29.7 Å². The first-order valence-corrected chi connectivity index (χ1v) is 30.5. The number of benzene rings is 14. The van der Waals surface area contributed by atoms with Gasteiger partial charge in [-0.3, -0.25) is 0 Å². The largest absolute Gasteiger partial charge is 0.356 e. The summed E-state index contributed by atoms with van der Waals surface area (Å²) in [4.78, 5) is 0. The molecule has 0 spiro atoms. The molecule has 17 aromatic rings. The zero-order valence-electron chi connectivity index (χ0n) is 49.9. The van der Waals surface area contributed by atoms with Crippen molar-refractivity contribution in [2.24, 2.45) is 0 Å². The molecule has 0 unspecified atom stereocenters. The lowest BCUT2D eigenvalue weighted by Crippen LogP contribution is -1.94. The SMILES string of the molecule is Cc1ccc2c(c1)c1cc(Nc3ccc4ccccc4c3)ccc1n2-c1ccccc1.Cc1ccc2c(c1)c1cc(Nc3cccc4ccccc34)ccc1n2-c1ccccc1.Cc1ccc2c(c1)c1cc(Nc3ccccc3)ccc1n2-c1ccccc1. The number of aromatic nitrogens is 3. The second kappa shape index (κ2) is 23.3. The number of nitrogens with one attached hydrogen (secondary N) is 3. The van der Waals surface area contributed by atoms with E-state index >= 15 is 0 Å². The summed E-state index contributed by atoms with van der Waals surface area (Å²) in [5.41, 5.74) is 21.3. The topological polar surface area (TPSA) is 50.9 Å². The molecule has 0 aliphatic carbocycles. The Morgan fingerprint density at radius 2 is 0.528 bits per heavy atom. The molecule has 17 rings (SSSR count). The van der Waals surface area contributed by atoms with Gasteiger partial charge in [0.2, 0.25) is 0 Å². The van der Waals surface area contributed by atoms with E-state index in [4.69, 9.17) is 0 Å². The van der Waals surface area contributed by atoms with Crippen molar-refractivity contribution in [2.75, 3.05) is 16.0 Å². The van der Waals surface area contributed by atoms with Crippen LogP contribution in [0.5, 0.6) is 0 Å². The Kier molecular flexibility index (Phi) is 14.2. The van der Waals surface area contributed by atoms with Crippen LogP contribution in [-0.4, -0.2) is 13.7 Å². The molecule has 0 fully saturated rings. The van der Waals surface area contributed by atoms with Gasteiger partial charge in [-0.2, -0.15) is 0 Å². The molecule has 0 saturated carbocycles. The average Bonchev–Trinajstić information content (AvgIpc) is 2.55. The van der Waals surface area contributed by atoms with Crippen molar-refractivity contribution >= 4 is 121 Å². The maximum Gasteiger partial charge on any atom is 0.0542 e. The van der Waals surface area contributed by atoms with E-state index in [0.29, 0.717) is 0 Å². The third-order valence-electron chi connectivity index (χ3n) is 17.0. The fourth-order valence-electron chi connectivity index (χ4n) is 12.8. The Hall–Kier alpha value is -11.6. The third kappa shape index (κ3) is 10.6. The van der Waals surface area contributed by atoms with Crippen LogP contribution in [0.3, 0.4) is 0 Å². The summed E-state index contributed by atoms with van der Waals surface area (Å²) in [5, 5.41) is 23.4. The lowest BCUT2D eigenvalue weighted by molar-refractivity contribution is 1.18. The lowest BCUT2D eigenvalue weighted by atomic mass is 10.1. The van der Waals surface area contributed by atoms with Gasteiger partial charge >= 0.3 is 0 Å². The third-order valence-corrected chi connectivity index (χ3v) is 17.0. The van der Waals surface area contributed by atoms with E-state index in [1.165, 1.54) is 121 Å². The summed E-state index contributed by atoms with van der Waals surface area (Å²) in [6, 6.07) is 112. The first-order chi connectivity index (χ1) is 43.8. The highest BCUT2D eigenvalue weighted by Gasteiger charge is 2.17. The molecule has 3 N–H and O–H groups in total. The second-order valence-corrected chi connectivity index (χ2v) is 23.1. The Morgan fingerprint density at radius 3 is 0.989 bits per heavy atom. The number of hydrogen-bond donors (Lipinski definition) is 3. The molecule has 0 atom stereocenters. The van der Waals surface area contributed by atoms with E-state index in [1.807, 2.05) is 18.2 Å². The fourth-order valence-corrected chi connectivity index (χ4v) is 12.8. The van der Waals surface area contributed by atoms with Crippen LogP contribution in [-0.2, 0) is 0 Å². The number of hydrogen-bond acceptors (Lipinski definition) is 3. The molecule has 6 nitrogen and oxygen atoms in total. The average molecular weight is 1150 g/mol. The molecular weight excluding hydrogens is 1080 g/mol. The highest BCUT2D eigenvalue weighted by Crippen LogP contribution is 2.39. The van der Waals surface area contributed by atoms with Crippen molar-refractivity contribution in [1.29, 1.82) is 0 Å². The van der Waals surface area contributed by atoms with Crippen molar-refractivity contribution in [3.8, 4) is 17.1 Å². The Bertz CT molecular complexity index is 5420. The summed E-state index contributed by atoms with van der Waals surface area (Å²) in [6.45, 7) is 6.46. The normalized spacial score (nSPS) is 11.3. The van der Waals surface area contributed by atoms with Gasteiger partial charge in [-0.25, -0.2) is 0 Å². The smallest absolute Gasteiger partial charge is 0.0542 e. The van der Waals surface area contributed by atoms with Crippen molar-refractivity contribution < 1.29 is 0 Å². The monoisotopic (exact) mass is 1140 g/mol. The van der Waals surface area contributed by atoms with Gasteiger partial charge in [-0.15, -0.1) is 0 Å². The van der Waals surface area contributed by atoms with E-state index in [1.54, 1.807) is 0 Å². The number of nitrogens with zero attached hydrogens (tertiary/aromatic N) is 3. The Labute approximate surface area is 517 Å². The number of rotatable bonds is 9. The van der Waals surface area contributed by atoms with Crippen LogP contribution < -0.4 is 16.0 Å². The van der Waals surface area contributed by atoms with Crippen LogP contribution in [0.2, 0.25) is 0 Å². The molecule has 0 radical (unpaired) electrons. The van der Waals surface area contributed by atoms with Gasteiger partial charge in [0.05, 0.1) is 33.1 Å². The van der Waals surface area contributed by atoms with Crippen molar-refractivity contribution in [3.05, 3.63) is 332 Å². The Balaban J connectivity index is 0.000000112. The first-order valence-electron chi connectivity index (χ1n) is 30.5. The predicted molar refractivity (Wildman–Crippen MR) is 381 cm³/mol. The molecule has 3 aromatic heterocycles. The molecule has 14 aromatic carbocycles. The summed E-state index contributed by atoms with van der Waals surface area (Å²) in [6.07, 6.45) is 0. The molecule has 0 bridgehead atoms. The lowest BCUT2D eigenvalue weighted by Gasteiger charge is -2.11. The van der Waals surface area contributed by atoms with Gasteiger partial charge in [-0.1, -0.05) is 174 Å². The summed E-state index contributed by atoms with van der Waals surface area (Å²) >= 11 is 0. The maximum atomic E-state index is 3.66. The van der Waals surface area contributed by atoms with Crippen molar-refractivity contribution in [1.82, 2.24) is 13.7 Å². The van der Waals surface area contributed by atoms with Gasteiger partial charge in [0, 0.05) is 88.9 Å². The standard InChI is InChI=1S/2C29H22N2.C25H20N2/c1-20-14-16-28-25(18-20)26-19-22(15-17-29(26)31(28)23-10-3-2-4-11-23)30-27-13-7-9-21-8-5-6-12-24(21)27;1-20-11-15-28-26(17-20)27-19-24(14-16-29(27)31(28)25-9-3-2-4-10-25)30-23-13-12-21-7-5-6-8-22(21)18-23;1-18-12-14-24-22(16-18)23-17-20(26-19-8-4-2-5-9-19)13-15-25(23)27(24)21-10-6-3-7-11-21/h2*2-19,30H,1H3;2-17,26H,1H3. The van der Waals surface area contributed by atoms with Crippen LogP contribution in [0.4, 0.5) is 34.1 Å². The fraction of sp³-hybridized carbons (Fsp3) is 0.0361. The van der Waals surface area contributed by atoms with Gasteiger partial charge in [0.25, 0.3) is 0 Å². The first kappa shape index (κ1) is 54.1. The van der Waals surface area contributed by atoms with Crippen LogP contribution >= 0.6 is 0 Å². The molecule has 89 heavy (non-hydrogen) atoms. The van der Waals surface area contributed by atoms with E-state index in [9.17, 15) is 0 Å². The molecule has 6 heteroatoms. The zero-order chi connectivity index (χ0) is 59.8. The van der Waals surface area contributed by atoms with E-state index in [0.717, 1.165) is 34.1 Å². The predicted octanol–water partition coefficient (Wildman–Crippen LogP) is 22.8. The van der Waals surface area contributed by atoms with Crippen molar-refractivity contribution in [2.45, 2.75) is 20.8 Å². The number of fused-ring (bicyclic) bond motifs is 11. The molecule has 0 amide bonds. The van der Waals surface area contributed by atoms with Gasteiger partial charge in [-0.05, 0) is 195 Å². The van der Waals surface area contributed by atoms with E-state index in [-0.39, 0.29) is 0 Å². The van der Waals surface area contributed by atoms with Crippen LogP contribution in [0.25, 0.3) is 104 Å². The number of anilines is 6. The van der Waals surface area contributed by atoms with Crippen molar-refractivity contribution in [3.63, 3.8) is 0 Å². The van der Waals surface area contributed by atoms with Crippen LogP contribution in [0, 0.1) is 20.8 Å². The molecule has 3 heterocycles. The maximum absolute atomic E-state index is 3.66. The summed E-state index contributed by atoms with van der Waals surface area (Å²) < 4.78 is 7.05. The highest BCUT2D eigenvalue weighted by atomic mass is 15.0. The second-order valence-electron chi connectivity index (χ2n) is 23.1. The minimum absolute atomic E-state index is 1.09. The quantitative estimate of drug-likeness (QED) is 0.135. The number of para-hydroxylation sites is 4. The van der Waals surface area contributed by atoms with E-state index in [2.05, 4.69) is 348 Å². The minimum Gasteiger partial charge on any atom is -0.356 e. The number of aryl methyl sites for hydroxylation is 3. The molecular formula is C83H64N6. The van der Waals surface area contributed by atoms with Crippen LogP contribution in [0.15, 0.2) is 315 Å². The van der Waals surface area contributed by atoms with Crippen LogP contribution in [0.1, 0.15) is 16.7 Å². The van der Waals surface area contributed by atoms with Gasteiger partial charge in [0.15, 0.2) is 0 Å². The minimum atomic E-state index is 1.09. The van der Waals surface area contributed by atoms with Gasteiger partial charge in [0.1, 0.15) is 0 Å². The van der Waals surface area contributed by atoms with E-state index < -0.39 is 0 Å². The molecule has 426 valence electrons. The molecule has 0 aliphatic rings. The summed E-state index contributed by atoms with van der Waals surface area (Å²) in [5.74, 6) is 0. The molecule has 0 aliphatic heterocycles. The Morgan fingerprint density at radius 1 is 0.202 bits per heavy atom. The summed E-state index contributed by atoms with van der Waals surface area (Å²) in [7, 11) is 0.